The Hall–Kier alpha value is -1.59. The van der Waals surface area contributed by atoms with Crippen molar-refractivity contribution in [3.8, 4) is 0 Å². The molecule has 0 radical (unpaired) electrons. The summed E-state index contributed by atoms with van der Waals surface area (Å²) in [5.41, 5.74) is 1.45. The van der Waals surface area contributed by atoms with Crippen LogP contribution >= 0.6 is 0 Å². The summed E-state index contributed by atoms with van der Waals surface area (Å²) < 4.78 is 5.52. The van der Waals surface area contributed by atoms with E-state index in [1.54, 1.807) is 0 Å². The molecule has 26 heavy (non-hydrogen) atoms. The van der Waals surface area contributed by atoms with E-state index in [1.165, 1.54) is 37.7 Å². The van der Waals surface area contributed by atoms with Crippen LogP contribution in [0.15, 0.2) is 30.3 Å². The number of benzene rings is 1. The predicted molar refractivity (Wildman–Crippen MR) is 104 cm³/mol. The number of nitrogens with one attached hydrogen (secondary N) is 2. The van der Waals surface area contributed by atoms with Crippen molar-refractivity contribution >= 4 is 6.03 Å². The second-order valence-corrected chi connectivity index (χ2v) is 7.58. The van der Waals surface area contributed by atoms with Gasteiger partial charge in [0.1, 0.15) is 0 Å². The van der Waals surface area contributed by atoms with Gasteiger partial charge >= 0.3 is 6.03 Å². The van der Waals surface area contributed by atoms with Gasteiger partial charge in [-0.05, 0) is 31.2 Å². The van der Waals surface area contributed by atoms with Gasteiger partial charge in [0.15, 0.2) is 0 Å². The number of hydrogen-bond acceptors (Lipinski definition) is 3. The van der Waals surface area contributed by atoms with Crippen molar-refractivity contribution in [2.45, 2.75) is 50.5 Å². The van der Waals surface area contributed by atoms with Crippen molar-refractivity contribution in [1.82, 2.24) is 15.5 Å². The molecule has 2 N–H and O–H groups in total. The SMILES string of the molecule is O=C(NCCCc1ccccc1)NCC1(N2CCOCC2)CCCCC1. The minimum absolute atomic E-state index is 0.0312. The molecular weight excluding hydrogens is 326 g/mol. The molecule has 1 saturated heterocycles. The lowest BCUT2D eigenvalue weighted by molar-refractivity contribution is -0.0357. The van der Waals surface area contributed by atoms with E-state index in [9.17, 15) is 4.79 Å². The van der Waals surface area contributed by atoms with E-state index in [4.69, 9.17) is 4.74 Å². The Kier molecular flexibility index (Phi) is 7.32. The van der Waals surface area contributed by atoms with Gasteiger partial charge in [-0.3, -0.25) is 4.90 Å². The molecule has 1 saturated carbocycles. The third kappa shape index (κ3) is 5.45. The van der Waals surface area contributed by atoms with Gasteiger partial charge in [-0.1, -0.05) is 49.6 Å². The minimum atomic E-state index is -0.0312. The molecule has 0 bridgehead atoms. The predicted octanol–water partition coefficient (Wildman–Crippen LogP) is 2.95. The van der Waals surface area contributed by atoms with E-state index in [0.717, 1.165) is 45.7 Å². The van der Waals surface area contributed by atoms with E-state index in [0.29, 0.717) is 6.54 Å². The standard InChI is InChI=1S/C21H33N3O2/c25-20(22-13-7-10-19-8-3-1-4-9-19)23-18-21(11-5-2-6-12-21)24-14-16-26-17-15-24/h1,3-4,8-9H,2,5-7,10-18H2,(H2,22,23,25). The van der Waals surface area contributed by atoms with Crippen LogP contribution in [0, 0.1) is 0 Å². The van der Waals surface area contributed by atoms with Crippen LogP contribution in [-0.4, -0.2) is 55.9 Å². The van der Waals surface area contributed by atoms with Crippen LogP contribution in [0.5, 0.6) is 0 Å². The number of aryl methyl sites for hydroxylation is 1. The Morgan fingerprint density at radius 3 is 2.50 bits per heavy atom. The van der Waals surface area contributed by atoms with Crippen molar-refractivity contribution in [3.05, 3.63) is 35.9 Å². The molecule has 1 aromatic rings. The first kappa shape index (κ1) is 19.2. The first-order chi connectivity index (χ1) is 12.8. The number of amides is 2. The monoisotopic (exact) mass is 359 g/mol. The molecule has 5 heteroatoms. The maximum atomic E-state index is 12.3. The van der Waals surface area contributed by atoms with E-state index < -0.39 is 0 Å². The number of urea groups is 1. The number of nitrogens with zero attached hydrogens (tertiary/aromatic N) is 1. The molecule has 0 unspecified atom stereocenters. The first-order valence-electron chi connectivity index (χ1n) is 10.2. The van der Waals surface area contributed by atoms with Gasteiger partial charge in [0.25, 0.3) is 0 Å². The molecule has 5 nitrogen and oxygen atoms in total. The van der Waals surface area contributed by atoms with Crippen molar-refractivity contribution in [2.24, 2.45) is 0 Å². The number of carbonyl (C=O) groups is 1. The summed E-state index contributed by atoms with van der Waals surface area (Å²) in [6, 6.07) is 10.4. The summed E-state index contributed by atoms with van der Waals surface area (Å²) in [7, 11) is 0. The van der Waals surface area contributed by atoms with Crippen LogP contribution in [0.25, 0.3) is 0 Å². The number of hydrogen-bond donors (Lipinski definition) is 2. The zero-order valence-electron chi connectivity index (χ0n) is 15.8. The lowest BCUT2D eigenvalue weighted by Gasteiger charge is -2.48. The van der Waals surface area contributed by atoms with Crippen molar-refractivity contribution in [3.63, 3.8) is 0 Å². The summed E-state index contributed by atoms with van der Waals surface area (Å²) >= 11 is 0. The van der Waals surface area contributed by atoms with Gasteiger partial charge in [-0.25, -0.2) is 4.79 Å². The van der Waals surface area contributed by atoms with Gasteiger partial charge in [0.05, 0.1) is 13.2 Å². The molecule has 2 amide bonds. The van der Waals surface area contributed by atoms with E-state index >= 15 is 0 Å². The molecule has 1 heterocycles. The average molecular weight is 360 g/mol. The normalized spacial score (nSPS) is 20.5. The van der Waals surface area contributed by atoms with Crippen LogP contribution in [0.1, 0.15) is 44.1 Å². The fourth-order valence-corrected chi connectivity index (χ4v) is 4.30. The molecular formula is C21H33N3O2. The maximum absolute atomic E-state index is 12.3. The van der Waals surface area contributed by atoms with Crippen LogP contribution in [0.4, 0.5) is 4.79 Å². The van der Waals surface area contributed by atoms with Crippen molar-refractivity contribution < 1.29 is 9.53 Å². The Bertz CT molecular complexity index is 537. The lowest BCUT2D eigenvalue weighted by Crippen LogP contribution is -2.60. The smallest absolute Gasteiger partial charge is 0.314 e. The number of rotatable bonds is 7. The fraction of sp³-hybridized carbons (Fsp3) is 0.667. The quantitative estimate of drug-likeness (QED) is 0.736. The van der Waals surface area contributed by atoms with Gasteiger partial charge in [-0.2, -0.15) is 0 Å². The highest BCUT2D eigenvalue weighted by atomic mass is 16.5. The highest BCUT2D eigenvalue weighted by molar-refractivity contribution is 5.73. The van der Waals surface area contributed by atoms with E-state index in [-0.39, 0.29) is 11.6 Å². The number of morpholine rings is 1. The van der Waals surface area contributed by atoms with Gasteiger partial charge < -0.3 is 15.4 Å². The third-order valence-corrected chi connectivity index (χ3v) is 5.81. The molecule has 144 valence electrons. The zero-order chi connectivity index (χ0) is 18.1. The molecule has 1 aliphatic heterocycles. The van der Waals surface area contributed by atoms with Gasteiger partial charge in [0, 0.05) is 31.7 Å². The molecule has 2 aliphatic rings. The third-order valence-electron chi connectivity index (χ3n) is 5.81. The van der Waals surface area contributed by atoms with Crippen LogP contribution in [-0.2, 0) is 11.2 Å². The topological polar surface area (TPSA) is 53.6 Å². The summed E-state index contributed by atoms with van der Waals surface area (Å²) in [6.45, 7) is 5.06. The van der Waals surface area contributed by atoms with Crippen LogP contribution in [0.3, 0.4) is 0 Å². The number of carbonyl (C=O) groups excluding carboxylic acids is 1. The molecule has 0 atom stereocenters. The Morgan fingerprint density at radius 1 is 1.04 bits per heavy atom. The summed E-state index contributed by atoms with van der Waals surface area (Å²) in [4.78, 5) is 14.8. The Balaban J connectivity index is 1.41. The summed E-state index contributed by atoms with van der Waals surface area (Å²) in [5, 5.41) is 6.18. The van der Waals surface area contributed by atoms with E-state index in [2.05, 4.69) is 39.8 Å². The molecule has 0 aromatic heterocycles. The van der Waals surface area contributed by atoms with Crippen molar-refractivity contribution in [1.29, 1.82) is 0 Å². The zero-order valence-corrected chi connectivity index (χ0v) is 15.8. The van der Waals surface area contributed by atoms with Crippen LogP contribution < -0.4 is 10.6 Å². The summed E-state index contributed by atoms with van der Waals surface area (Å²) in [5.74, 6) is 0. The average Bonchev–Trinajstić information content (AvgIpc) is 2.72. The second kappa shape index (κ2) is 9.93. The lowest BCUT2D eigenvalue weighted by atomic mass is 9.80. The van der Waals surface area contributed by atoms with Gasteiger partial charge in [-0.15, -0.1) is 0 Å². The molecule has 1 aliphatic carbocycles. The Morgan fingerprint density at radius 2 is 1.77 bits per heavy atom. The van der Waals surface area contributed by atoms with Gasteiger partial charge in [0.2, 0.25) is 0 Å². The highest BCUT2D eigenvalue weighted by Crippen LogP contribution is 2.33. The largest absolute Gasteiger partial charge is 0.379 e. The second-order valence-electron chi connectivity index (χ2n) is 7.58. The Labute approximate surface area is 157 Å². The maximum Gasteiger partial charge on any atom is 0.314 e. The summed E-state index contributed by atoms with van der Waals surface area (Å²) in [6.07, 6.45) is 8.17. The highest BCUT2D eigenvalue weighted by Gasteiger charge is 2.38. The molecule has 1 aromatic carbocycles. The van der Waals surface area contributed by atoms with Crippen LogP contribution in [0.2, 0.25) is 0 Å². The molecule has 2 fully saturated rings. The van der Waals surface area contributed by atoms with Crippen molar-refractivity contribution in [2.75, 3.05) is 39.4 Å². The molecule has 3 rings (SSSR count). The first-order valence-corrected chi connectivity index (χ1v) is 10.2. The number of ether oxygens (including phenoxy) is 1. The molecule has 0 spiro atoms. The minimum Gasteiger partial charge on any atom is -0.379 e. The van der Waals surface area contributed by atoms with E-state index in [1.807, 2.05) is 6.07 Å². The fourth-order valence-electron chi connectivity index (χ4n) is 4.30.